The second kappa shape index (κ2) is 30.6. The molecule has 5 aliphatic heterocycles. The topological polar surface area (TPSA) is 692 Å². The summed E-state index contributed by atoms with van der Waals surface area (Å²) >= 11 is 0. The average Bonchev–Trinajstić information content (AvgIpc) is 1.61. The Morgan fingerprint density at radius 1 is 0.500 bits per heavy atom. The van der Waals surface area contributed by atoms with E-state index >= 15 is 0 Å². The van der Waals surface area contributed by atoms with Gasteiger partial charge < -0.3 is 119 Å². The number of imide groups is 1. The van der Waals surface area contributed by atoms with Gasteiger partial charge in [-0.05, 0) is 6.08 Å². The normalized spacial score (nSPS) is 30.2. The number of rotatable bonds is 16. The number of aromatic amines is 2. The third-order valence-electron chi connectivity index (χ3n) is 13.4. The van der Waals surface area contributed by atoms with E-state index < -0.39 is 207 Å². The molecule has 8 heterocycles. The third kappa shape index (κ3) is 19.6. The Kier molecular flexibility index (Phi) is 26.2. The van der Waals surface area contributed by atoms with Crippen molar-refractivity contribution in [3.05, 3.63) is 110 Å². The smallest absolute Gasteiger partial charge is 0.395 e. The number of nitrogens with zero attached hydrogens (tertiary/aromatic N) is 4. The SMILES string of the molecule is C.Cn1c(=O)[nH]cc([C@@H]2O[C@H](COP(=O)(O)O)[C@@H](O)[C@H]2O)c1=O.Cn1cc([C@@H]2O[C@H](COP(=O)(O)O)[C@@H](O)[C@H]2O)c(=O)[nH]c1=O.Cn1cc([C@@H]2O[C@H](COP(=O)(O)O)[C@@H](O)[C@H]2O)c(=O)n(C)c1=O.NC1=CC([C@@H]2O[C@H](COP(=O)(O)O)[C@@H](O)[C@H]2O)C(=O)NC1=O. The molecule has 3 aromatic rings. The molecule has 510 valence electrons. The Morgan fingerprint density at radius 3 is 1.29 bits per heavy atom. The van der Waals surface area contributed by atoms with E-state index in [1.807, 2.05) is 10.3 Å². The van der Waals surface area contributed by atoms with Crippen LogP contribution in [0.4, 0.5) is 0 Å². The van der Waals surface area contributed by atoms with Crippen LogP contribution in [0.2, 0.25) is 0 Å². The fourth-order valence-corrected chi connectivity index (χ4v) is 10.2. The van der Waals surface area contributed by atoms with Crippen LogP contribution in [0.3, 0.4) is 0 Å². The highest BCUT2D eigenvalue weighted by Crippen LogP contribution is 2.42. The molecule has 17 atom stereocenters. The quantitative estimate of drug-likeness (QED) is 0.0468. The van der Waals surface area contributed by atoms with Gasteiger partial charge in [0.25, 0.3) is 22.6 Å². The molecule has 90 heavy (non-hydrogen) atoms. The predicted octanol–water partition coefficient (Wildman–Crippen LogP) is -10.6. The third-order valence-corrected chi connectivity index (χ3v) is 15.3. The molecule has 3 aromatic heterocycles. The minimum atomic E-state index is -4.78. The van der Waals surface area contributed by atoms with Crippen LogP contribution < -0.4 is 44.8 Å². The number of ether oxygens (including phenoxy) is 4. The van der Waals surface area contributed by atoms with E-state index in [-0.39, 0.29) is 29.8 Å². The number of H-pyrrole nitrogens is 2. The minimum absolute atomic E-state index is 0. The summed E-state index contributed by atoms with van der Waals surface area (Å²) < 4.78 is 84.3. The molecule has 4 fully saturated rings. The highest BCUT2D eigenvalue weighted by atomic mass is 31.2. The number of hydrogen-bond acceptors (Lipinski definition) is 29. The number of nitrogens with one attached hydrogen (secondary N) is 3. The Balaban J connectivity index is 0.000000255. The number of carbonyl (C=O) groups excluding carboxylic acids is 2. The van der Waals surface area contributed by atoms with Crippen molar-refractivity contribution in [3.63, 3.8) is 0 Å². The number of nitrogens with two attached hydrogens (primary N) is 1. The van der Waals surface area contributed by atoms with Crippen LogP contribution in [0, 0.1) is 5.92 Å². The van der Waals surface area contributed by atoms with Crippen molar-refractivity contribution in [1.29, 1.82) is 0 Å². The maximum Gasteiger partial charge on any atom is 0.469 e. The van der Waals surface area contributed by atoms with Crippen molar-refractivity contribution in [1.82, 2.24) is 33.6 Å². The van der Waals surface area contributed by atoms with E-state index in [4.69, 9.17) is 63.8 Å². The van der Waals surface area contributed by atoms with Gasteiger partial charge >= 0.3 is 48.4 Å². The van der Waals surface area contributed by atoms with Crippen LogP contribution in [0.5, 0.6) is 0 Å². The molecule has 44 nitrogen and oxygen atoms in total. The summed E-state index contributed by atoms with van der Waals surface area (Å²) in [6, 6.07) is 0. The molecule has 0 bridgehead atoms. The fourth-order valence-electron chi connectivity index (χ4n) is 8.79. The number of aryl methyl sites for hydroxylation is 2. The van der Waals surface area contributed by atoms with E-state index in [1.54, 1.807) is 0 Å². The molecule has 0 aliphatic carbocycles. The Hall–Kier alpha value is -5.32. The van der Waals surface area contributed by atoms with Crippen molar-refractivity contribution >= 4 is 43.1 Å². The number of hydrogen-bond donors (Lipinski definition) is 20. The zero-order valence-corrected chi connectivity index (χ0v) is 49.5. The number of aromatic nitrogens is 6. The lowest BCUT2D eigenvalue weighted by molar-refractivity contribution is -0.136. The van der Waals surface area contributed by atoms with Gasteiger partial charge in [-0.2, -0.15) is 0 Å². The van der Waals surface area contributed by atoms with E-state index in [2.05, 4.69) is 23.1 Å². The Morgan fingerprint density at radius 2 is 0.867 bits per heavy atom. The largest absolute Gasteiger partial charge is 0.469 e. The first-order valence-corrected chi connectivity index (χ1v) is 31.0. The van der Waals surface area contributed by atoms with Gasteiger partial charge in [0, 0.05) is 46.8 Å². The standard InChI is InChI=1S/C11H17N2O9P.3C10H15N2O9P.CH4/c1-12-3-5(10(16)13(2)11(12)17)9-8(15)7(14)6(22-9)4-21-23(18,19)20;1-12-2-4(9(15)11-10(12)16)8-7(14)6(13)5(21-8)3-20-22(17,18)19;1-12-9(15)4(2-11-10(12)16)8-7(14)6(13)5(21-8)3-20-22(17,18)19;11-4-1-3(9(15)12-10(4)16)8-7(14)6(13)5(21-8)2-20-22(17,18)19;/h3,6-9,14-15H,4H2,1-2H3,(H2,18,19,20);2,5-8,13-14H,3H2,1H3,(H,11,15,16)(H2,17,18,19);2,5-8,13-14H,3H2,1H3,(H,11,16)(H2,17,18,19);1,3,5-8,13-14H,2,11H2,(H,12,15,16)(H2,17,18,19);1H4/t6-,7-,8-,9+;2*5-,6-,7-,8+;3?,5-,6-,7-,8+;/m1111./s1. The first-order chi connectivity index (χ1) is 40.8. The molecule has 21 N–H and O–H groups in total. The van der Waals surface area contributed by atoms with Crippen molar-refractivity contribution in [2.24, 2.45) is 39.8 Å². The number of phosphoric ester groups is 4. The van der Waals surface area contributed by atoms with E-state index in [0.717, 1.165) is 36.7 Å². The zero-order chi connectivity index (χ0) is 67.5. The van der Waals surface area contributed by atoms with Crippen molar-refractivity contribution < 1.29 is 145 Å². The average molecular weight is 1380 g/mol. The van der Waals surface area contributed by atoms with E-state index in [0.29, 0.717) is 0 Å². The van der Waals surface area contributed by atoms with Gasteiger partial charge in [-0.15, -0.1) is 0 Å². The lowest BCUT2D eigenvalue weighted by Gasteiger charge is -2.25. The van der Waals surface area contributed by atoms with Crippen LogP contribution in [-0.2, 0) is 93.1 Å². The molecule has 5 aliphatic rings. The van der Waals surface area contributed by atoms with Crippen LogP contribution >= 0.6 is 31.3 Å². The van der Waals surface area contributed by atoms with Crippen molar-refractivity contribution in [2.75, 3.05) is 26.4 Å². The van der Waals surface area contributed by atoms with Crippen LogP contribution in [0.25, 0.3) is 0 Å². The second-order valence-corrected chi connectivity index (χ2v) is 24.6. The summed E-state index contributed by atoms with van der Waals surface area (Å²) in [6.07, 6.45) is -17.8. The number of aliphatic hydroxyl groups excluding tert-OH is 8. The summed E-state index contributed by atoms with van der Waals surface area (Å²) in [4.78, 5) is 166. The number of aliphatic hydroxyl groups is 8. The minimum Gasteiger partial charge on any atom is -0.395 e. The zero-order valence-electron chi connectivity index (χ0n) is 45.9. The van der Waals surface area contributed by atoms with Gasteiger partial charge in [-0.1, -0.05) is 7.43 Å². The second-order valence-electron chi connectivity index (χ2n) is 19.7. The summed E-state index contributed by atoms with van der Waals surface area (Å²) in [6.45, 7) is -2.72. The monoisotopic (exact) mass is 1380 g/mol. The summed E-state index contributed by atoms with van der Waals surface area (Å²) in [5, 5.41) is 81.1. The van der Waals surface area contributed by atoms with Crippen LogP contribution in [0.1, 0.15) is 42.4 Å². The van der Waals surface area contributed by atoms with Crippen molar-refractivity contribution in [3.8, 4) is 0 Å². The number of phosphoric acid groups is 4. The Labute approximate surface area is 501 Å². The molecule has 0 aromatic carbocycles. The molecule has 0 spiro atoms. The first-order valence-electron chi connectivity index (χ1n) is 24.9. The lowest BCUT2D eigenvalue weighted by atomic mass is 9.92. The maximum absolute atomic E-state index is 12.1. The maximum atomic E-state index is 12.1. The summed E-state index contributed by atoms with van der Waals surface area (Å²) in [7, 11) is -13.8. The first kappa shape index (κ1) is 77.1. The van der Waals surface area contributed by atoms with Gasteiger partial charge in [0.1, 0.15) is 97.7 Å². The van der Waals surface area contributed by atoms with E-state index in [9.17, 15) is 97.5 Å². The molecule has 48 heteroatoms. The molecule has 2 amide bonds. The highest BCUT2D eigenvalue weighted by molar-refractivity contribution is 7.47. The van der Waals surface area contributed by atoms with Gasteiger partial charge in [0.05, 0.1) is 54.7 Å². The molecule has 1 unspecified atom stereocenters. The lowest BCUT2D eigenvalue weighted by Crippen LogP contribution is -2.49. The van der Waals surface area contributed by atoms with Gasteiger partial charge in [-0.3, -0.25) is 61.5 Å². The molecule has 0 saturated carbocycles. The van der Waals surface area contributed by atoms with Crippen LogP contribution in [0.15, 0.2) is 59.1 Å². The highest BCUT2D eigenvalue weighted by Gasteiger charge is 2.51. The van der Waals surface area contributed by atoms with Gasteiger partial charge in [-0.25, -0.2) is 32.6 Å². The van der Waals surface area contributed by atoms with Crippen molar-refractivity contribution in [2.45, 2.75) is 105 Å². The van der Waals surface area contributed by atoms with E-state index in [1.165, 1.54) is 34.4 Å². The predicted molar refractivity (Wildman–Crippen MR) is 289 cm³/mol. The van der Waals surface area contributed by atoms with Crippen LogP contribution in [-0.4, -0.2) is 226 Å². The molecule has 8 rings (SSSR count). The summed E-state index contributed by atoms with van der Waals surface area (Å²) in [5.41, 5.74) is 0.743. The number of amides is 2. The Bertz CT molecular complexity index is 3610. The number of carbonyl (C=O) groups is 2. The molecule has 0 radical (unpaired) electrons. The molecular formula is C42H66N8O36P4. The molecular weight excluding hydrogens is 1320 g/mol. The van der Waals surface area contributed by atoms with Gasteiger partial charge in [0.2, 0.25) is 5.91 Å². The molecule has 4 saturated heterocycles. The summed E-state index contributed by atoms with van der Waals surface area (Å²) in [5.74, 6) is -2.69. The van der Waals surface area contributed by atoms with Gasteiger partial charge in [0.15, 0.2) is 0 Å². The fraction of sp³-hybridized carbons (Fsp3) is 0.619.